The number of benzene rings is 1. The van der Waals surface area contributed by atoms with Crippen LogP contribution in [0.3, 0.4) is 0 Å². The Morgan fingerprint density at radius 3 is 2.79 bits per heavy atom. The number of nitrogens with zero attached hydrogens (tertiary/aromatic N) is 2. The lowest BCUT2D eigenvalue weighted by Gasteiger charge is -2.15. The molecule has 0 aliphatic carbocycles. The molecule has 1 N–H and O–H groups in total. The molecule has 6 heteroatoms. The monoisotopic (exact) mass is 330 g/mol. The van der Waals surface area contributed by atoms with Gasteiger partial charge in [-0.05, 0) is 34.5 Å². The maximum atomic E-state index is 13.5. The van der Waals surface area contributed by atoms with E-state index >= 15 is 0 Å². The molecule has 0 radical (unpaired) electrons. The zero-order valence-corrected chi connectivity index (χ0v) is 11.9. The van der Waals surface area contributed by atoms with Gasteiger partial charge >= 0.3 is 0 Å². The minimum absolute atomic E-state index is 0.0655. The standard InChI is InChI=1S/C13H13BrF2N2O/c1-2-7-18-10(5-6-17-18)13(19)8-3-4-9(15)12(16)11(8)14/h3-6,13,19H,2,7H2,1H3. The summed E-state index contributed by atoms with van der Waals surface area (Å²) in [6.07, 6.45) is 1.38. The fourth-order valence-electron chi connectivity index (χ4n) is 1.89. The SMILES string of the molecule is CCCn1nccc1C(O)c1ccc(F)c(F)c1Br. The van der Waals surface area contributed by atoms with Crippen molar-refractivity contribution >= 4 is 15.9 Å². The van der Waals surface area contributed by atoms with Gasteiger partial charge in [-0.25, -0.2) is 8.78 Å². The Kier molecular flexibility index (Phi) is 4.31. The molecule has 1 aromatic carbocycles. The van der Waals surface area contributed by atoms with Crippen LogP contribution in [0.25, 0.3) is 0 Å². The van der Waals surface area contributed by atoms with E-state index in [1.165, 1.54) is 6.07 Å². The van der Waals surface area contributed by atoms with Gasteiger partial charge in [0.2, 0.25) is 0 Å². The van der Waals surface area contributed by atoms with Crippen molar-refractivity contribution in [3.05, 3.63) is 51.8 Å². The third-order valence-corrected chi connectivity index (χ3v) is 3.63. The summed E-state index contributed by atoms with van der Waals surface area (Å²) in [5.74, 6) is -1.96. The van der Waals surface area contributed by atoms with Crippen LogP contribution in [0.1, 0.15) is 30.7 Å². The highest BCUT2D eigenvalue weighted by atomic mass is 79.9. The van der Waals surface area contributed by atoms with Crippen molar-refractivity contribution in [3.63, 3.8) is 0 Å². The first-order valence-electron chi connectivity index (χ1n) is 5.89. The van der Waals surface area contributed by atoms with Crippen molar-refractivity contribution in [3.8, 4) is 0 Å². The Labute approximate surface area is 118 Å². The van der Waals surface area contributed by atoms with E-state index in [1.807, 2.05) is 6.92 Å². The number of hydrogen-bond donors (Lipinski definition) is 1. The highest BCUT2D eigenvalue weighted by molar-refractivity contribution is 9.10. The van der Waals surface area contributed by atoms with E-state index in [2.05, 4.69) is 21.0 Å². The minimum Gasteiger partial charge on any atom is -0.382 e. The first-order valence-corrected chi connectivity index (χ1v) is 6.68. The fraction of sp³-hybridized carbons (Fsp3) is 0.308. The Balaban J connectivity index is 2.41. The first kappa shape index (κ1) is 14.1. The molecule has 0 saturated carbocycles. The number of aromatic nitrogens is 2. The van der Waals surface area contributed by atoms with Gasteiger partial charge in [-0.2, -0.15) is 5.10 Å². The van der Waals surface area contributed by atoms with Crippen molar-refractivity contribution < 1.29 is 13.9 Å². The number of aryl methyl sites for hydroxylation is 1. The Bertz CT molecular complexity index is 586. The Morgan fingerprint density at radius 2 is 2.11 bits per heavy atom. The summed E-state index contributed by atoms with van der Waals surface area (Å²) in [5, 5.41) is 14.4. The Hall–Kier alpha value is -1.27. The van der Waals surface area contributed by atoms with Crippen LogP contribution < -0.4 is 0 Å². The van der Waals surface area contributed by atoms with E-state index in [9.17, 15) is 13.9 Å². The van der Waals surface area contributed by atoms with Crippen LogP contribution in [0.2, 0.25) is 0 Å². The number of halogens is 3. The van der Waals surface area contributed by atoms with Gasteiger partial charge in [-0.1, -0.05) is 13.0 Å². The van der Waals surface area contributed by atoms with E-state index < -0.39 is 17.7 Å². The largest absolute Gasteiger partial charge is 0.382 e. The lowest BCUT2D eigenvalue weighted by atomic mass is 10.1. The molecule has 0 fully saturated rings. The van der Waals surface area contributed by atoms with Crippen molar-refractivity contribution in [2.75, 3.05) is 0 Å². The lowest BCUT2D eigenvalue weighted by Crippen LogP contribution is -2.11. The van der Waals surface area contributed by atoms with Crippen LogP contribution in [-0.4, -0.2) is 14.9 Å². The fourth-order valence-corrected chi connectivity index (χ4v) is 2.42. The molecule has 0 spiro atoms. The van der Waals surface area contributed by atoms with E-state index in [1.54, 1.807) is 16.9 Å². The number of aliphatic hydroxyl groups excluding tert-OH is 1. The van der Waals surface area contributed by atoms with E-state index in [-0.39, 0.29) is 10.0 Å². The third-order valence-electron chi connectivity index (χ3n) is 2.82. The van der Waals surface area contributed by atoms with Gasteiger partial charge in [0.05, 0.1) is 10.2 Å². The van der Waals surface area contributed by atoms with Crippen LogP contribution in [0.15, 0.2) is 28.9 Å². The molecule has 19 heavy (non-hydrogen) atoms. The van der Waals surface area contributed by atoms with E-state index in [0.29, 0.717) is 12.2 Å². The lowest BCUT2D eigenvalue weighted by molar-refractivity contribution is 0.205. The average Bonchev–Trinajstić information content (AvgIpc) is 2.84. The van der Waals surface area contributed by atoms with Crippen molar-refractivity contribution in [1.82, 2.24) is 9.78 Å². The van der Waals surface area contributed by atoms with Gasteiger partial charge in [0, 0.05) is 18.3 Å². The summed E-state index contributed by atoms with van der Waals surface area (Å²) in [6, 6.07) is 4.02. The summed E-state index contributed by atoms with van der Waals surface area (Å²) in [6.45, 7) is 2.64. The topological polar surface area (TPSA) is 38.0 Å². The average molecular weight is 331 g/mol. The summed E-state index contributed by atoms with van der Waals surface area (Å²) in [7, 11) is 0. The van der Waals surface area contributed by atoms with E-state index in [0.717, 1.165) is 12.5 Å². The molecule has 1 atom stereocenters. The summed E-state index contributed by atoms with van der Waals surface area (Å²) in [4.78, 5) is 0. The van der Waals surface area contributed by atoms with Crippen LogP contribution in [-0.2, 0) is 6.54 Å². The summed E-state index contributed by atoms with van der Waals surface area (Å²) < 4.78 is 28.1. The molecule has 1 heterocycles. The number of aliphatic hydroxyl groups is 1. The molecular formula is C13H13BrF2N2O. The maximum absolute atomic E-state index is 13.5. The molecule has 0 bridgehead atoms. The van der Waals surface area contributed by atoms with Gasteiger partial charge < -0.3 is 5.11 Å². The molecule has 102 valence electrons. The molecule has 1 unspecified atom stereocenters. The van der Waals surface area contributed by atoms with Crippen molar-refractivity contribution in [1.29, 1.82) is 0 Å². The molecule has 0 saturated heterocycles. The normalized spacial score (nSPS) is 12.7. The van der Waals surface area contributed by atoms with Gasteiger partial charge in [0.15, 0.2) is 11.6 Å². The van der Waals surface area contributed by atoms with Gasteiger partial charge in [-0.3, -0.25) is 4.68 Å². The van der Waals surface area contributed by atoms with Crippen molar-refractivity contribution in [2.45, 2.75) is 26.0 Å². The molecule has 2 aromatic rings. The molecule has 1 aromatic heterocycles. The predicted octanol–water partition coefficient (Wildman–Crippen LogP) is 3.42. The summed E-state index contributed by atoms with van der Waals surface area (Å²) in [5.41, 5.74) is 0.824. The van der Waals surface area contributed by atoms with Gasteiger partial charge in [0.25, 0.3) is 0 Å². The van der Waals surface area contributed by atoms with Gasteiger partial charge in [0.1, 0.15) is 6.10 Å². The zero-order valence-electron chi connectivity index (χ0n) is 10.3. The quantitative estimate of drug-likeness (QED) is 0.872. The second-order valence-corrected chi connectivity index (χ2v) is 4.94. The van der Waals surface area contributed by atoms with Crippen LogP contribution in [0, 0.1) is 11.6 Å². The number of hydrogen-bond acceptors (Lipinski definition) is 2. The third kappa shape index (κ3) is 2.69. The first-order chi connectivity index (χ1) is 9.06. The van der Waals surface area contributed by atoms with Crippen LogP contribution in [0.4, 0.5) is 8.78 Å². The molecule has 0 aliphatic heterocycles. The molecule has 0 aliphatic rings. The smallest absolute Gasteiger partial charge is 0.173 e. The molecule has 3 nitrogen and oxygen atoms in total. The predicted molar refractivity (Wildman–Crippen MR) is 70.6 cm³/mol. The second-order valence-electron chi connectivity index (χ2n) is 4.15. The molecular weight excluding hydrogens is 318 g/mol. The van der Waals surface area contributed by atoms with Crippen LogP contribution in [0.5, 0.6) is 0 Å². The number of rotatable bonds is 4. The Morgan fingerprint density at radius 1 is 1.37 bits per heavy atom. The minimum atomic E-state index is -1.06. The molecule has 0 amide bonds. The highest BCUT2D eigenvalue weighted by Gasteiger charge is 2.21. The summed E-state index contributed by atoms with van der Waals surface area (Å²) >= 11 is 2.98. The van der Waals surface area contributed by atoms with Crippen molar-refractivity contribution in [2.24, 2.45) is 0 Å². The molecule has 2 rings (SSSR count). The highest BCUT2D eigenvalue weighted by Crippen LogP contribution is 2.31. The zero-order chi connectivity index (χ0) is 14.0. The second kappa shape index (κ2) is 5.79. The van der Waals surface area contributed by atoms with Crippen LogP contribution >= 0.6 is 15.9 Å². The maximum Gasteiger partial charge on any atom is 0.173 e. The van der Waals surface area contributed by atoms with E-state index in [4.69, 9.17) is 0 Å². The van der Waals surface area contributed by atoms with Gasteiger partial charge in [-0.15, -0.1) is 0 Å².